The van der Waals surface area contributed by atoms with E-state index >= 15 is 0 Å². The second-order valence-electron chi connectivity index (χ2n) is 5.18. The highest BCUT2D eigenvalue weighted by Crippen LogP contribution is 2.33. The van der Waals surface area contributed by atoms with Crippen molar-refractivity contribution in [3.05, 3.63) is 28.2 Å². The zero-order valence-electron chi connectivity index (χ0n) is 11.6. The molecule has 0 spiro atoms. The first-order valence-corrected chi connectivity index (χ1v) is 8.73. The number of piperidine rings is 1. The molecule has 1 fully saturated rings. The molecular formula is C13H19Cl3N2O2S. The number of nitrogens with two attached hydrogens (primary N) is 1. The monoisotopic (exact) mass is 372 g/mol. The number of nitrogens with zero attached hydrogens (tertiary/aromatic N) is 1. The van der Waals surface area contributed by atoms with E-state index in [1.807, 2.05) is 6.92 Å². The first-order valence-electron chi connectivity index (χ1n) is 6.53. The Morgan fingerprint density at radius 2 is 1.90 bits per heavy atom. The van der Waals surface area contributed by atoms with E-state index in [0.717, 1.165) is 12.8 Å². The molecule has 1 aromatic rings. The Bertz CT molecular complexity index is 573. The van der Waals surface area contributed by atoms with Gasteiger partial charge in [-0.05, 0) is 37.8 Å². The normalized spacial score (nSPS) is 21.6. The summed E-state index contributed by atoms with van der Waals surface area (Å²) in [7, 11) is -3.68. The van der Waals surface area contributed by atoms with Crippen molar-refractivity contribution in [2.75, 3.05) is 13.1 Å². The number of benzene rings is 1. The van der Waals surface area contributed by atoms with E-state index < -0.39 is 10.0 Å². The Hall–Kier alpha value is -0.0400. The standard InChI is InChI=1S/C13H18Cl2N2O2S.ClH/c1-9(16)10-4-3-7-17(8-10)20(18,19)13-11(14)5-2-6-12(13)15;/h2,5-6,9-10H,3-4,7-8,16H2,1H3;1H. The highest BCUT2D eigenvalue weighted by molar-refractivity contribution is 7.89. The van der Waals surface area contributed by atoms with Crippen LogP contribution < -0.4 is 5.73 Å². The summed E-state index contributed by atoms with van der Waals surface area (Å²) >= 11 is 12.0. The lowest BCUT2D eigenvalue weighted by Gasteiger charge is -2.34. The quantitative estimate of drug-likeness (QED) is 0.885. The minimum absolute atomic E-state index is 0. The Labute approximate surface area is 142 Å². The Morgan fingerprint density at radius 1 is 1.33 bits per heavy atom. The summed E-state index contributed by atoms with van der Waals surface area (Å²) in [5.41, 5.74) is 5.90. The molecule has 8 heteroatoms. The molecule has 1 aromatic carbocycles. The van der Waals surface area contributed by atoms with E-state index in [4.69, 9.17) is 28.9 Å². The Morgan fingerprint density at radius 3 is 2.43 bits per heavy atom. The molecule has 2 N–H and O–H groups in total. The van der Waals surface area contributed by atoms with Crippen LogP contribution in [0.4, 0.5) is 0 Å². The van der Waals surface area contributed by atoms with Crippen LogP contribution >= 0.6 is 35.6 Å². The molecule has 2 atom stereocenters. The lowest BCUT2D eigenvalue weighted by Crippen LogP contribution is -2.45. The van der Waals surface area contributed by atoms with Crippen molar-refractivity contribution in [2.24, 2.45) is 11.7 Å². The SMILES string of the molecule is CC(N)C1CCCN(S(=O)(=O)c2c(Cl)cccc2Cl)C1.Cl. The lowest BCUT2D eigenvalue weighted by atomic mass is 9.93. The molecular weight excluding hydrogens is 355 g/mol. The molecule has 0 aliphatic carbocycles. The first-order chi connectivity index (χ1) is 9.34. The van der Waals surface area contributed by atoms with Crippen molar-refractivity contribution >= 4 is 45.6 Å². The summed E-state index contributed by atoms with van der Waals surface area (Å²) in [6.45, 7) is 2.80. The molecule has 2 unspecified atom stereocenters. The van der Waals surface area contributed by atoms with Crippen LogP contribution in [0.25, 0.3) is 0 Å². The largest absolute Gasteiger partial charge is 0.328 e. The maximum Gasteiger partial charge on any atom is 0.246 e. The molecule has 1 saturated heterocycles. The van der Waals surface area contributed by atoms with Gasteiger partial charge in [0, 0.05) is 19.1 Å². The second-order valence-corrected chi connectivity index (χ2v) is 7.86. The van der Waals surface area contributed by atoms with Gasteiger partial charge in [-0.1, -0.05) is 29.3 Å². The fourth-order valence-corrected chi connectivity index (χ4v) is 5.11. The zero-order chi connectivity index (χ0) is 14.9. The smallest absolute Gasteiger partial charge is 0.246 e. The average Bonchev–Trinajstić information content (AvgIpc) is 2.38. The van der Waals surface area contributed by atoms with Gasteiger partial charge >= 0.3 is 0 Å². The molecule has 2 rings (SSSR count). The number of hydrogen-bond acceptors (Lipinski definition) is 3. The van der Waals surface area contributed by atoms with Gasteiger partial charge in [0.1, 0.15) is 4.90 Å². The van der Waals surface area contributed by atoms with Crippen molar-refractivity contribution in [2.45, 2.75) is 30.7 Å². The third kappa shape index (κ3) is 4.03. The van der Waals surface area contributed by atoms with Gasteiger partial charge in [-0.2, -0.15) is 4.31 Å². The van der Waals surface area contributed by atoms with Crippen molar-refractivity contribution in [3.63, 3.8) is 0 Å². The molecule has 4 nitrogen and oxygen atoms in total. The number of hydrogen-bond donors (Lipinski definition) is 1. The summed E-state index contributed by atoms with van der Waals surface area (Å²) in [5, 5.41) is 0.306. The summed E-state index contributed by atoms with van der Waals surface area (Å²) in [5.74, 6) is 0.166. The minimum Gasteiger partial charge on any atom is -0.328 e. The van der Waals surface area contributed by atoms with Crippen LogP contribution in [0.3, 0.4) is 0 Å². The van der Waals surface area contributed by atoms with E-state index in [9.17, 15) is 8.42 Å². The molecule has 120 valence electrons. The van der Waals surface area contributed by atoms with Crippen LogP contribution in [-0.4, -0.2) is 31.9 Å². The van der Waals surface area contributed by atoms with E-state index in [0.29, 0.717) is 13.1 Å². The molecule has 0 saturated carbocycles. The third-order valence-corrected chi connectivity index (χ3v) is 6.50. The molecule has 21 heavy (non-hydrogen) atoms. The van der Waals surface area contributed by atoms with Gasteiger partial charge in [0.2, 0.25) is 10.0 Å². The summed E-state index contributed by atoms with van der Waals surface area (Å²) < 4.78 is 26.9. The van der Waals surface area contributed by atoms with Gasteiger partial charge in [0.25, 0.3) is 0 Å². The van der Waals surface area contributed by atoms with Gasteiger partial charge < -0.3 is 5.73 Å². The highest BCUT2D eigenvalue weighted by Gasteiger charge is 2.34. The predicted molar refractivity (Wildman–Crippen MR) is 88.8 cm³/mol. The number of rotatable bonds is 3. The highest BCUT2D eigenvalue weighted by atomic mass is 35.5. The fourth-order valence-electron chi connectivity index (χ4n) is 2.48. The van der Waals surface area contributed by atoms with Crippen LogP contribution in [0.2, 0.25) is 10.0 Å². The maximum absolute atomic E-state index is 12.7. The zero-order valence-corrected chi connectivity index (χ0v) is 14.8. The summed E-state index contributed by atoms with van der Waals surface area (Å²) in [6.07, 6.45) is 1.74. The van der Waals surface area contributed by atoms with Gasteiger partial charge in [-0.25, -0.2) is 8.42 Å². The van der Waals surface area contributed by atoms with E-state index in [1.54, 1.807) is 6.07 Å². The summed E-state index contributed by atoms with van der Waals surface area (Å²) in [6, 6.07) is 4.67. The number of halogens is 3. The average molecular weight is 374 g/mol. The topological polar surface area (TPSA) is 63.4 Å². The molecule has 0 amide bonds. The molecule has 0 bridgehead atoms. The second kappa shape index (κ2) is 7.49. The van der Waals surface area contributed by atoms with Crippen LogP contribution in [0.1, 0.15) is 19.8 Å². The van der Waals surface area contributed by atoms with E-state index in [1.165, 1.54) is 16.4 Å². The van der Waals surface area contributed by atoms with Crippen molar-refractivity contribution in [1.29, 1.82) is 0 Å². The Balaban J connectivity index is 0.00000220. The van der Waals surface area contributed by atoms with E-state index in [-0.39, 0.29) is 39.3 Å². The van der Waals surface area contributed by atoms with Gasteiger partial charge in [0.05, 0.1) is 10.0 Å². The Kier molecular flexibility index (Phi) is 6.78. The molecule has 1 aliphatic heterocycles. The van der Waals surface area contributed by atoms with Gasteiger partial charge in [-0.15, -0.1) is 12.4 Å². The fraction of sp³-hybridized carbons (Fsp3) is 0.538. The molecule has 0 aromatic heterocycles. The van der Waals surface area contributed by atoms with Crippen molar-refractivity contribution in [1.82, 2.24) is 4.31 Å². The van der Waals surface area contributed by atoms with Gasteiger partial charge in [0.15, 0.2) is 0 Å². The van der Waals surface area contributed by atoms with Crippen LogP contribution in [-0.2, 0) is 10.0 Å². The molecule has 1 heterocycles. The number of sulfonamides is 1. The summed E-state index contributed by atoms with van der Waals surface area (Å²) in [4.78, 5) is -0.00587. The van der Waals surface area contributed by atoms with Crippen molar-refractivity contribution < 1.29 is 8.42 Å². The molecule has 0 radical (unpaired) electrons. The van der Waals surface area contributed by atoms with Crippen LogP contribution in [0.5, 0.6) is 0 Å². The van der Waals surface area contributed by atoms with Gasteiger partial charge in [-0.3, -0.25) is 0 Å². The van der Waals surface area contributed by atoms with Crippen LogP contribution in [0, 0.1) is 5.92 Å². The van der Waals surface area contributed by atoms with Crippen LogP contribution in [0.15, 0.2) is 23.1 Å². The maximum atomic E-state index is 12.7. The lowest BCUT2D eigenvalue weighted by molar-refractivity contribution is 0.243. The third-order valence-electron chi connectivity index (χ3n) is 3.68. The first kappa shape index (κ1) is 19.0. The van der Waals surface area contributed by atoms with Crippen molar-refractivity contribution in [3.8, 4) is 0 Å². The minimum atomic E-state index is -3.68. The predicted octanol–water partition coefficient (Wildman–Crippen LogP) is 3.16. The van der Waals surface area contributed by atoms with E-state index in [2.05, 4.69) is 0 Å². The molecule has 1 aliphatic rings.